The molecule has 2 aliphatic heterocycles. The molecule has 4 aromatic rings. The standard InChI is InChI=1S/2C18H27N5.3C4H4O4/c2*1-4-22(5-2)12-6-8-15-18-9-7-13-23(18)21(3)17-10-11-19-14-16(17)20-15;3*5-3(6)1-2-4(7)8/h2*7,9-11,13-15,20H,4-6,8,12H2,1-3H3;3*1-2H,(H,5,6)(H,7,8)/b;;3*2-1+. The van der Waals surface area contributed by atoms with E-state index in [1.165, 1.54) is 24.2 Å². The molecule has 0 radical (unpaired) electrons. The number of fused-ring (bicyclic) bond motifs is 4. The normalized spacial score (nSPS) is 14.2. The van der Waals surface area contributed by atoms with Gasteiger partial charge in [0.05, 0.1) is 58.6 Å². The van der Waals surface area contributed by atoms with Gasteiger partial charge < -0.3 is 51.1 Å². The Bertz CT molecular complexity index is 2130. The summed E-state index contributed by atoms with van der Waals surface area (Å²) in [4.78, 5) is 70.9. The Balaban J connectivity index is 0.000000332. The summed E-state index contributed by atoms with van der Waals surface area (Å²) in [6, 6.07) is 13.4. The second kappa shape index (κ2) is 31.1. The summed E-state index contributed by atoms with van der Waals surface area (Å²) in [5, 5.41) is 58.6. The molecule has 22 heteroatoms. The zero-order valence-electron chi connectivity index (χ0n) is 40.3. The SMILES string of the molecule is CCN(CC)CCCC1Nc2cnccc2N(C)n2cccc21.CCN(CC)CCCC1Nc2cnccc2N(C)n2cccc21.O=C(O)/C=C/C(=O)O.O=C(O)/C=C/C(=O)O.O=C(O)/C=C/C(=O)O. The lowest BCUT2D eigenvalue weighted by Gasteiger charge is -2.23. The van der Waals surface area contributed by atoms with E-state index in [-0.39, 0.29) is 0 Å². The number of anilines is 4. The van der Waals surface area contributed by atoms with Crippen molar-refractivity contribution in [2.75, 3.05) is 74.0 Å². The van der Waals surface area contributed by atoms with Crippen molar-refractivity contribution in [3.63, 3.8) is 0 Å². The summed E-state index contributed by atoms with van der Waals surface area (Å²) in [5.41, 5.74) is 7.14. The molecule has 0 aliphatic carbocycles. The number of rotatable bonds is 18. The molecule has 0 saturated heterocycles. The van der Waals surface area contributed by atoms with E-state index in [4.69, 9.17) is 30.6 Å². The molecule has 2 aliphatic rings. The smallest absolute Gasteiger partial charge is 0.328 e. The van der Waals surface area contributed by atoms with Gasteiger partial charge in [0.2, 0.25) is 0 Å². The zero-order chi connectivity index (χ0) is 52.2. The molecule has 4 aromatic heterocycles. The average molecular weight is 975 g/mol. The second-order valence-electron chi connectivity index (χ2n) is 15.1. The highest BCUT2D eigenvalue weighted by atomic mass is 16.4. The van der Waals surface area contributed by atoms with Crippen molar-refractivity contribution in [2.24, 2.45) is 0 Å². The van der Waals surface area contributed by atoms with Crippen molar-refractivity contribution in [1.82, 2.24) is 29.1 Å². The number of carboxylic acid groups (broad SMARTS) is 6. The summed E-state index contributed by atoms with van der Waals surface area (Å²) >= 11 is 0. The van der Waals surface area contributed by atoms with Gasteiger partial charge in [-0.2, -0.15) is 0 Å². The van der Waals surface area contributed by atoms with E-state index in [0.717, 1.165) is 74.9 Å². The third kappa shape index (κ3) is 20.5. The molecule has 6 heterocycles. The van der Waals surface area contributed by atoms with Crippen LogP contribution in [0.2, 0.25) is 0 Å². The molecule has 0 spiro atoms. The van der Waals surface area contributed by atoms with Gasteiger partial charge in [-0.3, -0.25) is 29.3 Å². The first-order chi connectivity index (χ1) is 33.4. The Morgan fingerprint density at radius 1 is 0.529 bits per heavy atom. The van der Waals surface area contributed by atoms with Crippen LogP contribution in [-0.4, -0.2) is 149 Å². The number of nitrogens with one attached hydrogen (secondary N) is 2. The maximum atomic E-state index is 9.55. The van der Waals surface area contributed by atoms with Gasteiger partial charge in [-0.05, 0) is 101 Å². The van der Waals surface area contributed by atoms with Crippen LogP contribution in [0.25, 0.3) is 0 Å². The molecule has 6 rings (SSSR count). The number of aromatic nitrogens is 4. The fourth-order valence-electron chi connectivity index (χ4n) is 7.17. The topological polar surface area (TPSA) is 296 Å². The van der Waals surface area contributed by atoms with Gasteiger partial charge in [0.15, 0.2) is 0 Å². The van der Waals surface area contributed by atoms with Gasteiger partial charge in [-0.1, -0.05) is 27.7 Å². The Hall–Kier alpha value is -7.98. The van der Waals surface area contributed by atoms with Crippen LogP contribution >= 0.6 is 0 Å². The van der Waals surface area contributed by atoms with E-state index in [2.05, 4.69) is 140 Å². The molecule has 70 heavy (non-hydrogen) atoms. The van der Waals surface area contributed by atoms with Gasteiger partial charge in [0.25, 0.3) is 0 Å². The number of aliphatic carboxylic acids is 6. The van der Waals surface area contributed by atoms with Crippen LogP contribution in [0.1, 0.15) is 76.8 Å². The van der Waals surface area contributed by atoms with Crippen molar-refractivity contribution < 1.29 is 59.4 Å². The minimum absolute atomic E-state index is 0.313. The molecular formula is C48H66N10O12. The molecule has 2 unspecified atom stereocenters. The highest BCUT2D eigenvalue weighted by molar-refractivity contribution is 5.90. The maximum absolute atomic E-state index is 9.55. The van der Waals surface area contributed by atoms with Crippen molar-refractivity contribution >= 4 is 58.6 Å². The Kier molecular flexibility index (Phi) is 25.9. The van der Waals surface area contributed by atoms with Gasteiger partial charge in [0.1, 0.15) is 0 Å². The first kappa shape index (κ1) is 58.1. The van der Waals surface area contributed by atoms with E-state index < -0.39 is 35.8 Å². The Morgan fingerprint density at radius 2 is 0.829 bits per heavy atom. The van der Waals surface area contributed by atoms with E-state index in [1.54, 1.807) is 0 Å². The molecule has 0 saturated carbocycles. The number of carboxylic acids is 6. The summed E-state index contributed by atoms with van der Waals surface area (Å²) in [5.74, 6) is -7.54. The van der Waals surface area contributed by atoms with E-state index >= 15 is 0 Å². The lowest BCUT2D eigenvalue weighted by Crippen LogP contribution is -2.26. The molecule has 0 bridgehead atoms. The average Bonchev–Trinajstić information content (AvgIpc) is 4.00. The molecule has 0 aromatic carbocycles. The number of pyridine rings is 2. The molecular weight excluding hydrogens is 909 g/mol. The molecule has 22 nitrogen and oxygen atoms in total. The van der Waals surface area contributed by atoms with E-state index in [1.807, 2.05) is 24.8 Å². The molecule has 8 N–H and O–H groups in total. The molecule has 0 fully saturated rings. The van der Waals surface area contributed by atoms with Crippen LogP contribution in [0.5, 0.6) is 0 Å². The third-order valence-corrected chi connectivity index (χ3v) is 10.7. The molecule has 0 amide bonds. The lowest BCUT2D eigenvalue weighted by atomic mass is 10.1. The lowest BCUT2D eigenvalue weighted by molar-refractivity contribution is -0.134. The van der Waals surface area contributed by atoms with E-state index in [0.29, 0.717) is 48.5 Å². The van der Waals surface area contributed by atoms with Gasteiger partial charge in [-0.25, -0.2) is 28.8 Å². The number of carbonyl (C=O) groups is 6. The monoisotopic (exact) mass is 974 g/mol. The summed E-state index contributed by atoms with van der Waals surface area (Å²) in [6.07, 6.45) is 19.8. The first-order valence-corrected chi connectivity index (χ1v) is 22.5. The van der Waals surface area contributed by atoms with Crippen LogP contribution in [0, 0.1) is 0 Å². The fraction of sp³-hybridized carbons (Fsp3) is 0.375. The van der Waals surface area contributed by atoms with E-state index in [9.17, 15) is 28.8 Å². The number of hydrogen-bond donors (Lipinski definition) is 8. The number of nitrogens with zero attached hydrogens (tertiary/aromatic N) is 8. The molecule has 2 atom stereocenters. The zero-order valence-corrected chi connectivity index (χ0v) is 40.3. The highest BCUT2D eigenvalue weighted by Gasteiger charge is 2.25. The summed E-state index contributed by atoms with van der Waals surface area (Å²) in [6.45, 7) is 15.7. The van der Waals surface area contributed by atoms with Crippen molar-refractivity contribution in [3.8, 4) is 0 Å². The predicted octanol–water partition coefficient (Wildman–Crippen LogP) is 5.88. The first-order valence-electron chi connectivity index (χ1n) is 22.5. The second-order valence-corrected chi connectivity index (χ2v) is 15.1. The van der Waals surface area contributed by atoms with Gasteiger partial charge >= 0.3 is 35.8 Å². The van der Waals surface area contributed by atoms with Gasteiger partial charge in [-0.15, -0.1) is 0 Å². The number of hydrogen-bond acceptors (Lipinski definition) is 14. The Morgan fingerprint density at radius 3 is 1.10 bits per heavy atom. The van der Waals surface area contributed by atoms with Crippen LogP contribution in [-0.2, 0) is 28.8 Å². The summed E-state index contributed by atoms with van der Waals surface area (Å²) in [7, 11) is 4.20. The molecule has 380 valence electrons. The van der Waals surface area contributed by atoms with Crippen LogP contribution < -0.4 is 20.7 Å². The minimum Gasteiger partial charge on any atom is -0.478 e. The summed E-state index contributed by atoms with van der Waals surface area (Å²) < 4.78 is 4.47. The van der Waals surface area contributed by atoms with Crippen LogP contribution in [0.15, 0.2) is 110 Å². The van der Waals surface area contributed by atoms with Crippen molar-refractivity contribution in [3.05, 3.63) is 121 Å². The Labute approximate surface area is 407 Å². The van der Waals surface area contributed by atoms with Crippen molar-refractivity contribution in [1.29, 1.82) is 0 Å². The van der Waals surface area contributed by atoms with Crippen LogP contribution in [0.4, 0.5) is 22.7 Å². The predicted molar refractivity (Wildman–Crippen MR) is 265 cm³/mol. The highest BCUT2D eigenvalue weighted by Crippen LogP contribution is 2.36. The fourth-order valence-corrected chi connectivity index (χ4v) is 7.17. The van der Waals surface area contributed by atoms with Gasteiger partial charge in [0, 0.05) is 75.3 Å². The largest absolute Gasteiger partial charge is 0.478 e. The van der Waals surface area contributed by atoms with Crippen LogP contribution in [0.3, 0.4) is 0 Å². The third-order valence-electron chi connectivity index (χ3n) is 10.7. The maximum Gasteiger partial charge on any atom is 0.328 e. The van der Waals surface area contributed by atoms with Crippen molar-refractivity contribution in [2.45, 2.75) is 65.5 Å². The minimum atomic E-state index is -1.26. The quantitative estimate of drug-likeness (QED) is 0.0540.